The van der Waals surface area contributed by atoms with Crippen LogP contribution >= 0.6 is 0 Å². The Morgan fingerprint density at radius 3 is 2.50 bits per heavy atom. The lowest BCUT2D eigenvalue weighted by molar-refractivity contribution is -0.154. The molecule has 4 nitrogen and oxygen atoms in total. The monoisotopic (exact) mass is 356 g/mol. The normalized spacial score (nSPS) is 26.4. The molecule has 0 radical (unpaired) electrons. The first-order valence-corrected chi connectivity index (χ1v) is 10.1. The van der Waals surface area contributed by atoms with Crippen LogP contribution in [0, 0.1) is 5.92 Å². The van der Waals surface area contributed by atoms with Crippen LogP contribution in [0.2, 0.25) is 0 Å². The van der Waals surface area contributed by atoms with Crippen LogP contribution in [0.1, 0.15) is 56.6 Å². The maximum atomic E-state index is 13.1. The number of benzene rings is 1. The van der Waals surface area contributed by atoms with Crippen LogP contribution in [-0.4, -0.2) is 47.7 Å². The summed E-state index contributed by atoms with van der Waals surface area (Å²) in [6.45, 7) is 5.81. The number of carbonyl (C=O) groups is 1. The fourth-order valence-corrected chi connectivity index (χ4v) is 4.64. The van der Waals surface area contributed by atoms with E-state index in [-0.39, 0.29) is 36.4 Å². The van der Waals surface area contributed by atoms with Gasteiger partial charge in [0.25, 0.3) is 0 Å². The minimum atomic E-state index is -0.0978. The Morgan fingerprint density at radius 2 is 1.92 bits per heavy atom. The van der Waals surface area contributed by atoms with Gasteiger partial charge in [-0.3, -0.25) is 4.79 Å². The molecule has 1 aliphatic heterocycles. The predicted molar refractivity (Wildman–Crippen MR) is 106 cm³/mol. The van der Waals surface area contributed by atoms with Gasteiger partial charge in [-0.05, 0) is 37.4 Å². The molecule has 1 amide bonds. The van der Waals surface area contributed by atoms with Crippen LogP contribution < -0.4 is 5.32 Å². The maximum Gasteiger partial charge on any atom is 0.226 e. The summed E-state index contributed by atoms with van der Waals surface area (Å²) in [6, 6.07) is 8.58. The fraction of sp³-hybridized carbons (Fsp3) is 0.591. The van der Waals surface area contributed by atoms with Gasteiger partial charge in [0, 0.05) is 18.4 Å². The standard InChI is InChI=1S/C22H32N2O2/c1-3-7-16-10-12-17(13-11-16)21-19(14-23-4-2)24(20(21)15-25)22(26)18-8-5-6-9-18/h3,7,10-13,18-21,23,25H,4-6,8-9,14-15H2,1-2H3/t19-,20+,21+/m0/s1. The summed E-state index contributed by atoms with van der Waals surface area (Å²) in [5, 5.41) is 13.5. The summed E-state index contributed by atoms with van der Waals surface area (Å²) >= 11 is 0. The third-order valence-corrected chi connectivity index (χ3v) is 5.97. The molecule has 2 N–H and O–H groups in total. The lowest BCUT2D eigenvalue weighted by Gasteiger charge is -2.56. The lowest BCUT2D eigenvalue weighted by atomic mass is 9.74. The van der Waals surface area contributed by atoms with Gasteiger partial charge in [0.15, 0.2) is 0 Å². The van der Waals surface area contributed by atoms with Crippen LogP contribution in [0.5, 0.6) is 0 Å². The van der Waals surface area contributed by atoms with E-state index in [1.54, 1.807) is 0 Å². The van der Waals surface area contributed by atoms with E-state index in [4.69, 9.17) is 0 Å². The Balaban J connectivity index is 1.81. The van der Waals surface area contributed by atoms with Crippen LogP contribution in [0.15, 0.2) is 30.3 Å². The Bertz CT molecular complexity index is 620. The highest BCUT2D eigenvalue weighted by Gasteiger charge is 2.51. The zero-order chi connectivity index (χ0) is 18.5. The van der Waals surface area contributed by atoms with Gasteiger partial charge in [-0.25, -0.2) is 0 Å². The number of amides is 1. The molecule has 142 valence electrons. The Morgan fingerprint density at radius 1 is 1.23 bits per heavy atom. The summed E-state index contributed by atoms with van der Waals surface area (Å²) < 4.78 is 0. The van der Waals surface area contributed by atoms with Crippen molar-refractivity contribution in [3.05, 3.63) is 41.5 Å². The molecule has 3 rings (SSSR count). The van der Waals surface area contributed by atoms with Gasteiger partial charge in [-0.2, -0.15) is 0 Å². The molecule has 0 spiro atoms. The zero-order valence-electron chi connectivity index (χ0n) is 16.0. The molecule has 0 bridgehead atoms. The van der Waals surface area contributed by atoms with Gasteiger partial charge in [0.1, 0.15) is 0 Å². The Kier molecular flexibility index (Phi) is 6.49. The number of likely N-dealkylation sites (N-methyl/N-ethyl adjacent to an activating group) is 1. The molecule has 26 heavy (non-hydrogen) atoms. The molecular formula is C22H32N2O2. The molecule has 0 aromatic heterocycles. The van der Waals surface area contributed by atoms with E-state index >= 15 is 0 Å². The maximum absolute atomic E-state index is 13.1. The molecule has 1 aromatic carbocycles. The minimum absolute atomic E-state index is 0.0301. The molecule has 1 heterocycles. The van der Waals surface area contributed by atoms with Gasteiger partial charge in [0.05, 0.1) is 18.7 Å². The fourth-order valence-electron chi connectivity index (χ4n) is 4.64. The number of nitrogens with zero attached hydrogens (tertiary/aromatic N) is 1. The second-order valence-electron chi connectivity index (χ2n) is 7.54. The van der Waals surface area contributed by atoms with Gasteiger partial charge >= 0.3 is 0 Å². The van der Waals surface area contributed by atoms with Crippen LogP contribution in [0.25, 0.3) is 6.08 Å². The molecule has 2 aliphatic rings. The third kappa shape index (κ3) is 3.72. The average Bonchev–Trinajstić information content (AvgIpc) is 3.17. The number of aliphatic hydroxyl groups excluding tert-OH is 1. The van der Waals surface area contributed by atoms with E-state index < -0.39 is 0 Å². The van der Waals surface area contributed by atoms with E-state index in [1.807, 2.05) is 17.9 Å². The highest BCUT2D eigenvalue weighted by molar-refractivity contribution is 5.81. The topological polar surface area (TPSA) is 52.6 Å². The van der Waals surface area contributed by atoms with Gasteiger partial charge < -0.3 is 15.3 Å². The zero-order valence-corrected chi connectivity index (χ0v) is 16.0. The highest BCUT2D eigenvalue weighted by atomic mass is 16.3. The number of aliphatic hydroxyl groups is 1. The molecule has 4 heteroatoms. The van der Waals surface area contributed by atoms with E-state index in [9.17, 15) is 9.90 Å². The van der Waals surface area contributed by atoms with Crippen molar-refractivity contribution in [3.8, 4) is 0 Å². The van der Waals surface area contributed by atoms with Crippen molar-refractivity contribution < 1.29 is 9.90 Å². The number of hydrogen-bond acceptors (Lipinski definition) is 3. The first-order valence-electron chi connectivity index (χ1n) is 10.1. The molecule has 0 unspecified atom stereocenters. The number of nitrogens with one attached hydrogen (secondary N) is 1. The van der Waals surface area contributed by atoms with Crippen molar-refractivity contribution in [1.29, 1.82) is 0 Å². The smallest absolute Gasteiger partial charge is 0.226 e. The van der Waals surface area contributed by atoms with Gasteiger partial charge in [0.2, 0.25) is 5.91 Å². The number of rotatable bonds is 7. The number of carbonyl (C=O) groups excluding carboxylic acids is 1. The van der Waals surface area contributed by atoms with Crippen molar-refractivity contribution >= 4 is 12.0 Å². The summed E-state index contributed by atoms with van der Waals surface area (Å²) in [5.74, 6) is 0.612. The average molecular weight is 357 g/mol. The SMILES string of the molecule is CC=Cc1ccc([C@H]2[C@@H](CO)N(C(=O)C3CCCC3)[C@H]2CNCC)cc1. The van der Waals surface area contributed by atoms with Crippen molar-refractivity contribution in [2.75, 3.05) is 19.7 Å². The summed E-state index contributed by atoms with van der Waals surface area (Å²) in [6.07, 6.45) is 8.43. The van der Waals surface area contributed by atoms with E-state index in [1.165, 1.54) is 11.1 Å². The second kappa shape index (κ2) is 8.83. The van der Waals surface area contributed by atoms with Crippen molar-refractivity contribution in [1.82, 2.24) is 10.2 Å². The van der Waals surface area contributed by atoms with E-state index in [0.29, 0.717) is 0 Å². The quantitative estimate of drug-likeness (QED) is 0.789. The first kappa shape index (κ1) is 19.1. The van der Waals surface area contributed by atoms with Crippen molar-refractivity contribution in [3.63, 3.8) is 0 Å². The molecule has 3 atom stereocenters. The lowest BCUT2D eigenvalue weighted by Crippen LogP contribution is -2.69. The van der Waals surface area contributed by atoms with Crippen molar-refractivity contribution in [2.45, 2.75) is 57.5 Å². The molecular weight excluding hydrogens is 324 g/mol. The van der Waals surface area contributed by atoms with E-state index in [0.717, 1.165) is 38.8 Å². The molecule has 1 aromatic rings. The molecule has 1 aliphatic carbocycles. The highest BCUT2D eigenvalue weighted by Crippen LogP contribution is 2.43. The summed E-state index contributed by atoms with van der Waals surface area (Å²) in [5.41, 5.74) is 2.40. The molecule has 2 fully saturated rings. The van der Waals surface area contributed by atoms with Gasteiger partial charge in [-0.1, -0.05) is 56.2 Å². The number of allylic oxidation sites excluding steroid dienone is 1. The number of likely N-dealkylation sites (tertiary alicyclic amines) is 1. The molecule has 1 saturated carbocycles. The Hall–Kier alpha value is -1.65. The second-order valence-corrected chi connectivity index (χ2v) is 7.54. The van der Waals surface area contributed by atoms with Crippen LogP contribution in [-0.2, 0) is 4.79 Å². The Labute approximate surface area is 157 Å². The van der Waals surface area contributed by atoms with Gasteiger partial charge in [-0.15, -0.1) is 0 Å². The summed E-state index contributed by atoms with van der Waals surface area (Å²) in [4.78, 5) is 15.1. The van der Waals surface area contributed by atoms with Crippen LogP contribution in [0.3, 0.4) is 0 Å². The minimum Gasteiger partial charge on any atom is -0.394 e. The van der Waals surface area contributed by atoms with E-state index in [2.05, 4.69) is 42.6 Å². The van der Waals surface area contributed by atoms with Crippen LogP contribution in [0.4, 0.5) is 0 Å². The first-order chi connectivity index (χ1) is 12.7. The third-order valence-electron chi connectivity index (χ3n) is 5.97. The largest absolute Gasteiger partial charge is 0.394 e. The van der Waals surface area contributed by atoms with Crippen molar-refractivity contribution in [2.24, 2.45) is 5.92 Å². The molecule has 1 saturated heterocycles. The number of hydrogen-bond donors (Lipinski definition) is 2. The predicted octanol–water partition coefficient (Wildman–Crippen LogP) is 3.17. The summed E-state index contributed by atoms with van der Waals surface area (Å²) in [7, 11) is 0.